The summed E-state index contributed by atoms with van der Waals surface area (Å²) in [6.07, 6.45) is 1.06. The number of pyridine rings is 1. The average molecular weight is 367 g/mol. The second-order valence-electron chi connectivity index (χ2n) is 5.32. The Morgan fingerprint density at radius 1 is 1.28 bits per heavy atom. The maximum atomic E-state index is 14.2. The summed E-state index contributed by atoms with van der Waals surface area (Å²) in [5.74, 6) is -2.22. The zero-order chi connectivity index (χ0) is 18.2. The lowest BCUT2D eigenvalue weighted by molar-refractivity contribution is -0.137. The first kappa shape index (κ1) is 19.2. The van der Waals surface area contributed by atoms with E-state index in [1.54, 1.807) is 23.9 Å². The largest absolute Gasteiger partial charge is 0.488 e. The van der Waals surface area contributed by atoms with E-state index in [2.05, 4.69) is 11.9 Å². The molecule has 0 bridgehead atoms. The molecule has 0 aliphatic heterocycles. The molecular formula is C18H19F2NO3S. The minimum absolute atomic E-state index is 0.0686. The Labute approximate surface area is 149 Å². The van der Waals surface area contributed by atoms with Crippen LogP contribution in [0.5, 0.6) is 5.75 Å². The van der Waals surface area contributed by atoms with Crippen molar-refractivity contribution in [1.82, 2.24) is 4.98 Å². The van der Waals surface area contributed by atoms with Gasteiger partial charge in [-0.2, -0.15) is 0 Å². The Bertz CT molecular complexity index is 717. The Hall–Kier alpha value is -2.15. The van der Waals surface area contributed by atoms with E-state index in [4.69, 9.17) is 9.84 Å². The smallest absolute Gasteiger partial charge is 0.303 e. The van der Waals surface area contributed by atoms with Crippen molar-refractivity contribution >= 4 is 17.7 Å². The molecule has 2 rings (SSSR count). The fraction of sp³-hybridized carbons (Fsp3) is 0.333. The summed E-state index contributed by atoms with van der Waals surface area (Å²) in [6.45, 7) is 2.00. The molecule has 0 fully saturated rings. The monoisotopic (exact) mass is 367 g/mol. The lowest BCUT2D eigenvalue weighted by Crippen LogP contribution is -2.05. The molecule has 0 saturated carbocycles. The van der Waals surface area contributed by atoms with Gasteiger partial charge in [0.05, 0.1) is 17.3 Å². The zero-order valence-corrected chi connectivity index (χ0v) is 14.6. The minimum atomic E-state index is -0.980. The SMILES string of the molecule is CCCSc1cccc(-c2cc(F)c(OCCCC(=O)O)c(F)c2)n1. The summed E-state index contributed by atoms with van der Waals surface area (Å²) in [5.41, 5.74) is 0.808. The summed E-state index contributed by atoms with van der Waals surface area (Å²) in [6, 6.07) is 7.69. The molecule has 0 saturated heterocycles. The molecule has 25 heavy (non-hydrogen) atoms. The highest BCUT2D eigenvalue weighted by Crippen LogP contribution is 2.29. The van der Waals surface area contributed by atoms with E-state index < -0.39 is 23.4 Å². The van der Waals surface area contributed by atoms with Crippen molar-refractivity contribution in [1.29, 1.82) is 0 Å². The average Bonchev–Trinajstić information content (AvgIpc) is 2.58. The molecule has 0 unspecified atom stereocenters. The van der Waals surface area contributed by atoms with Gasteiger partial charge in [-0.25, -0.2) is 13.8 Å². The standard InChI is InChI=1S/C18H19F2NO3S/c1-2-9-25-16-6-3-5-15(21-16)12-10-13(19)18(14(20)11-12)24-8-4-7-17(22)23/h3,5-6,10-11H,2,4,7-9H2,1H3,(H,22,23). The molecule has 7 heteroatoms. The van der Waals surface area contributed by atoms with Gasteiger partial charge in [-0.3, -0.25) is 4.79 Å². The van der Waals surface area contributed by atoms with E-state index in [9.17, 15) is 13.6 Å². The molecule has 1 N–H and O–H groups in total. The van der Waals surface area contributed by atoms with Gasteiger partial charge >= 0.3 is 5.97 Å². The number of aliphatic carboxylic acids is 1. The number of hydrogen-bond donors (Lipinski definition) is 1. The Balaban J connectivity index is 2.14. The Kier molecular flexibility index (Phi) is 7.18. The molecule has 4 nitrogen and oxygen atoms in total. The number of thioether (sulfide) groups is 1. The fourth-order valence-corrected chi connectivity index (χ4v) is 2.86. The summed E-state index contributed by atoms with van der Waals surface area (Å²) in [4.78, 5) is 14.8. The number of hydrogen-bond acceptors (Lipinski definition) is 4. The molecule has 0 aliphatic carbocycles. The second kappa shape index (κ2) is 9.36. The number of aromatic nitrogens is 1. The molecule has 1 aromatic heterocycles. The third kappa shape index (κ3) is 5.70. The van der Waals surface area contributed by atoms with Crippen LogP contribution in [0, 0.1) is 11.6 Å². The predicted molar refractivity (Wildman–Crippen MR) is 93.0 cm³/mol. The van der Waals surface area contributed by atoms with Crippen molar-refractivity contribution in [2.24, 2.45) is 0 Å². The van der Waals surface area contributed by atoms with Gasteiger partial charge in [0.25, 0.3) is 0 Å². The van der Waals surface area contributed by atoms with Crippen LogP contribution in [0.3, 0.4) is 0 Å². The third-order valence-electron chi connectivity index (χ3n) is 3.25. The van der Waals surface area contributed by atoms with Gasteiger partial charge in [0.15, 0.2) is 17.4 Å². The van der Waals surface area contributed by atoms with Crippen LogP contribution in [0.1, 0.15) is 26.2 Å². The summed E-state index contributed by atoms with van der Waals surface area (Å²) >= 11 is 1.59. The molecule has 2 aromatic rings. The third-order valence-corrected chi connectivity index (χ3v) is 4.39. The van der Waals surface area contributed by atoms with Crippen LogP contribution in [-0.4, -0.2) is 28.4 Å². The van der Waals surface area contributed by atoms with Crippen molar-refractivity contribution in [3.8, 4) is 17.0 Å². The maximum absolute atomic E-state index is 14.2. The predicted octanol–water partition coefficient (Wildman–Crippen LogP) is 4.77. The first-order valence-electron chi connectivity index (χ1n) is 7.95. The molecule has 1 heterocycles. The summed E-state index contributed by atoms with van der Waals surface area (Å²) in [7, 11) is 0. The van der Waals surface area contributed by atoms with Gasteiger partial charge in [-0.1, -0.05) is 13.0 Å². The number of ether oxygens (including phenoxy) is 1. The van der Waals surface area contributed by atoms with Gasteiger partial charge in [0.1, 0.15) is 0 Å². The molecule has 0 amide bonds. The van der Waals surface area contributed by atoms with Crippen LogP contribution in [0.25, 0.3) is 11.3 Å². The molecule has 0 radical (unpaired) electrons. The Morgan fingerprint density at radius 2 is 2.00 bits per heavy atom. The van der Waals surface area contributed by atoms with Gasteiger partial charge in [0.2, 0.25) is 0 Å². The first-order valence-corrected chi connectivity index (χ1v) is 8.93. The number of benzene rings is 1. The van der Waals surface area contributed by atoms with Crippen molar-refractivity contribution in [3.05, 3.63) is 42.0 Å². The topological polar surface area (TPSA) is 59.4 Å². The van der Waals surface area contributed by atoms with Crippen LogP contribution in [0.2, 0.25) is 0 Å². The second-order valence-corrected chi connectivity index (χ2v) is 6.44. The highest BCUT2D eigenvalue weighted by Gasteiger charge is 2.15. The van der Waals surface area contributed by atoms with E-state index in [-0.39, 0.29) is 19.4 Å². The highest BCUT2D eigenvalue weighted by molar-refractivity contribution is 7.99. The quantitative estimate of drug-likeness (QED) is 0.511. The van der Waals surface area contributed by atoms with E-state index in [1.807, 2.05) is 6.07 Å². The first-order chi connectivity index (χ1) is 12.0. The molecule has 0 spiro atoms. The van der Waals surface area contributed by atoms with Gasteiger partial charge < -0.3 is 9.84 Å². The zero-order valence-electron chi connectivity index (χ0n) is 13.8. The molecule has 134 valence electrons. The number of rotatable bonds is 9. The van der Waals surface area contributed by atoms with Crippen LogP contribution < -0.4 is 4.74 Å². The maximum Gasteiger partial charge on any atom is 0.303 e. The van der Waals surface area contributed by atoms with Gasteiger partial charge in [0, 0.05) is 12.0 Å². The van der Waals surface area contributed by atoms with E-state index in [0.29, 0.717) is 11.3 Å². The highest BCUT2D eigenvalue weighted by atomic mass is 32.2. The number of halogens is 2. The molecule has 0 aliphatic rings. The summed E-state index contributed by atoms with van der Waals surface area (Å²) in [5, 5.41) is 9.35. The molecule has 0 atom stereocenters. The normalized spacial score (nSPS) is 10.7. The van der Waals surface area contributed by atoms with Crippen molar-refractivity contribution in [2.45, 2.75) is 31.2 Å². The number of nitrogens with zero attached hydrogens (tertiary/aromatic N) is 1. The summed E-state index contributed by atoms with van der Waals surface area (Å²) < 4.78 is 33.4. The molecular weight excluding hydrogens is 348 g/mol. The van der Waals surface area contributed by atoms with Crippen molar-refractivity contribution in [2.75, 3.05) is 12.4 Å². The minimum Gasteiger partial charge on any atom is -0.488 e. The van der Waals surface area contributed by atoms with Crippen LogP contribution in [0.15, 0.2) is 35.4 Å². The van der Waals surface area contributed by atoms with Gasteiger partial charge in [-0.05, 0) is 42.9 Å². The van der Waals surface area contributed by atoms with E-state index in [0.717, 1.165) is 17.2 Å². The van der Waals surface area contributed by atoms with E-state index in [1.165, 1.54) is 12.1 Å². The van der Waals surface area contributed by atoms with Crippen LogP contribution >= 0.6 is 11.8 Å². The lowest BCUT2D eigenvalue weighted by Gasteiger charge is -2.10. The van der Waals surface area contributed by atoms with E-state index >= 15 is 0 Å². The van der Waals surface area contributed by atoms with Crippen LogP contribution in [-0.2, 0) is 4.79 Å². The molecule has 1 aromatic carbocycles. The Morgan fingerprint density at radius 3 is 2.64 bits per heavy atom. The fourth-order valence-electron chi connectivity index (χ4n) is 2.11. The number of carboxylic acid groups (broad SMARTS) is 1. The number of carboxylic acids is 1. The lowest BCUT2D eigenvalue weighted by atomic mass is 10.1. The van der Waals surface area contributed by atoms with Gasteiger partial charge in [-0.15, -0.1) is 11.8 Å². The van der Waals surface area contributed by atoms with Crippen LogP contribution in [0.4, 0.5) is 8.78 Å². The number of carbonyl (C=O) groups is 1. The van der Waals surface area contributed by atoms with Crippen molar-refractivity contribution in [3.63, 3.8) is 0 Å². The van der Waals surface area contributed by atoms with Crippen molar-refractivity contribution < 1.29 is 23.4 Å².